The molecule has 132 valence electrons. The van der Waals surface area contributed by atoms with Gasteiger partial charge in [0.25, 0.3) is 5.69 Å². The van der Waals surface area contributed by atoms with Crippen molar-refractivity contribution >= 4 is 27.3 Å². The zero-order valence-corrected chi connectivity index (χ0v) is 15.0. The standard InChI is InChI=1S/C17H17ClN2O4S/c1-11-2-9-15(10-16(11)20(21)22)25(23,24)19-17(12-3-4-12)13-5-7-14(18)8-6-13/h2,5-10,12,17,19H,3-4H2,1H3/t17-/m0/s1. The molecule has 1 N–H and O–H groups in total. The van der Waals surface area contributed by atoms with Crippen LogP contribution in [0.25, 0.3) is 0 Å². The number of benzene rings is 2. The Labute approximate surface area is 151 Å². The number of hydrogen-bond donors (Lipinski definition) is 1. The number of rotatable bonds is 6. The van der Waals surface area contributed by atoms with Crippen LogP contribution in [0.2, 0.25) is 5.02 Å². The van der Waals surface area contributed by atoms with Crippen LogP contribution in [0, 0.1) is 23.0 Å². The van der Waals surface area contributed by atoms with E-state index in [9.17, 15) is 18.5 Å². The van der Waals surface area contributed by atoms with Gasteiger partial charge in [-0.15, -0.1) is 0 Å². The number of halogens is 1. The maximum atomic E-state index is 12.7. The Kier molecular flexibility index (Phi) is 4.81. The molecule has 2 aromatic carbocycles. The quantitative estimate of drug-likeness (QED) is 0.606. The van der Waals surface area contributed by atoms with Crippen LogP contribution in [0.4, 0.5) is 5.69 Å². The second-order valence-electron chi connectivity index (χ2n) is 6.19. The smallest absolute Gasteiger partial charge is 0.258 e. The van der Waals surface area contributed by atoms with Crippen molar-refractivity contribution in [1.29, 1.82) is 0 Å². The fourth-order valence-electron chi connectivity index (χ4n) is 2.72. The Bertz CT molecular complexity index is 909. The van der Waals surface area contributed by atoms with Crippen LogP contribution in [0.15, 0.2) is 47.4 Å². The number of sulfonamides is 1. The number of nitro benzene ring substituents is 1. The van der Waals surface area contributed by atoms with E-state index in [1.807, 2.05) is 0 Å². The summed E-state index contributed by atoms with van der Waals surface area (Å²) in [5.74, 6) is 0.219. The van der Waals surface area contributed by atoms with E-state index >= 15 is 0 Å². The first-order valence-corrected chi connectivity index (χ1v) is 9.67. The molecule has 0 saturated heterocycles. The molecule has 0 spiro atoms. The Hall–Kier alpha value is -1.96. The topological polar surface area (TPSA) is 89.3 Å². The Morgan fingerprint density at radius 1 is 1.20 bits per heavy atom. The molecule has 0 amide bonds. The number of nitro groups is 1. The molecule has 0 unspecified atom stereocenters. The van der Waals surface area contributed by atoms with Crippen molar-refractivity contribution < 1.29 is 13.3 Å². The number of nitrogens with zero attached hydrogens (tertiary/aromatic N) is 1. The summed E-state index contributed by atoms with van der Waals surface area (Å²) in [6.45, 7) is 1.57. The molecular formula is C17H17ClN2O4S. The molecule has 0 aliphatic heterocycles. The van der Waals surface area contributed by atoms with E-state index < -0.39 is 14.9 Å². The third kappa shape index (κ3) is 4.00. The third-order valence-electron chi connectivity index (χ3n) is 4.29. The predicted octanol–water partition coefficient (Wildman–Crippen LogP) is 3.99. The maximum Gasteiger partial charge on any atom is 0.273 e. The first-order valence-electron chi connectivity index (χ1n) is 7.81. The van der Waals surface area contributed by atoms with Crippen LogP contribution < -0.4 is 4.72 Å². The van der Waals surface area contributed by atoms with Crippen molar-refractivity contribution in [2.24, 2.45) is 5.92 Å². The highest BCUT2D eigenvalue weighted by Crippen LogP contribution is 2.42. The second kappa shape index (κ2) is 6.74. The molecule has 1 atom stereocenters. The van der Waals surface area contributed by atoms with Crippen LogP contribution >= 0.6 is 11.6 Å². The first-order chi connectivity index (χ1) is 11.8. The van der Waals surface area contributed by atoms with Crippen molar-refractivity contribution in [3.8, 4) is 0 Å². The zero-order valence-electron chi connectivity index (χ0n) is 13.5. The van der Waals surface area contributed by atoms with Gasteiger partial charge in [-0.3, -0.25) is 10.1 Å². The van der Waals surface area contributed by atoms with Gasteiger partial charge in [-0.05, 0) is 49.4 Å². The second-order valence-corrected chi connectivity index (χ2v) is 8.34. The van der Waals surface area contributed by atoms with Gasteiger partial charge in [-0.25, -0.2) is 13.1 Å². The van der Waals surface area contributed by atoms with Gasteiger partial charge in [0.15, 0.2) is 0 Å². The minimum absolute atomic E-state index is 0.107. The number of nitrogens with one attached hydrogen (secondary N) is 1. The lowest BCUT2D eigenvalue weighted by Crippen LogP contribution is -2.30. The highest BCUT2D eigenvalue weighted by atomic mass is 35.5. The molecule has 2 aromatic rings. The van der Waals surface area contributed by atoms with E-state index in [0.717, 1.165) is 24.5 Å². The third-order valence-corrected chi connectivity index (χ3v) is 5.98. The Balaban J connectivity index is 1.92. The Morgan fingerprint density at radius 3 is 2.40 bits per heavy atom. The van der Waals surface area contributed by atoms with Crippen molar-refractivity contribution in [2.75, 3.05) is 0 Å². The summed E-state index contributed by atoms with van der Waals surface area (Å²) in [6.07, 6.45) is 1.87. The van der Waals surface area contributed by atoms with Crippen LogP contribution in [-0.2, 0) is 10.0 Å². The van der Waals surface area contributed by atoms with Gasteiger partial charge in [0.2, 0.25) is 10.0 Å². The summed E-state index contributed by atoms with van der Waals surface area (Å²) in [7, 11) is -3.88. The van der Waals surface area contributed by atoms with Crippen LogP contribution in [0.5, 0.6) is 0 Å². The molecule has 25 heavy (non-hydrogen) atoms. The summed E-state index contributed by atoms with van der Waals surface area (Å²) >= 11 is 5.90. The monoisotopic (exact) mass is 380 g/mol. The summed E-state index contributed by atoms with van der Waals surface area (Å²) in [6, 6.07) is 10.6. The van der Waals surface area contributed by atoms with Crippen LogP contribution in [0.3, 0.4) is 0 Å². The molecule has 1 saturated carbocycles. The lowest BCUT2D eigenvalue weighted by Gasteiger charge is -2.19. The molecule has 1 aliphatic carbocycles. The molecule has 6 nitrogen and oxygen atoms in total. The summed E-state index contributed by atoms with van der Waals surface area (Å²) < 4.78 is 28.2. The van der Waals surface area contributed by atoms with E-state index in [4.69, 9.17) is 11.6 Å². The van der Waals surface area contributed by atoms with Crippen LogP contribution in [-0.4, -0.2) is 13.3 Å². The average molecular weight is 381 g/mol. The van der Waals surface area contributed by atoms with Crippen molar-refractivity contribution in [1.82, 2.24) is 4.72 Å². The number of aryl methyl sites for hydroxylation is 1. The molecular weight excluding hydrogens is 364 g/mol. The number of hydrogen-bond acceptors (Lipinski definition) is 4. The van der Waals surface area contributed by atoms with Gasteiger partial charge in [-0.1, -0.05) is 29.8 Å². The molecule has 0 radical (unpaired) electrons. The lowest BCUT2D eigenvalue weighted by molar-refractivity contribution is -0.385. The van der Waals surface area contributed by atoms with Gasteiger partial charge in [-0.2, -0.15) is 0 Å². The minimum Gasteiger partial charge on any atom is -0.258 e. The fourth-order valence-corrected chi connectivity index (χ4v) is 4.16. The van der Waals surface area contributed by atoms with Gasteiger partial charge in [0.05, 0.1) is 9.82 Å². The maximum absolute atomic E-state index is 12.7. The normalized spacial score (nSPS) is 15.8. The molecule has 0 bridgehead atoms. The highest BCUT2D eigenvalue weighted by Gasteiger charge is 2.35. The molecule has 1 fully saturated rings. The molecule has 0 aromatic heterocycles. The van der Waals surface area contributed by atoms with Gasteiger partial charge in [0.1, 0.15) is 0 Å². The van der Waals surface area contributed by atoms with Gasteiger partial charge in [0, 0.05) is 22.7 Å². The SMILES string of the molecule is Cc1ccc(S(=O)(=O)N[C@H](c2ccc(Cl)cc2)C2CC2)cc1[N+](=O)[O-]. The largest absolute Gasteiger partial charge is 0.273 e. The lowest BCUT2D eigenvalue weighted by atomic mass is 10.0. The van der Waals surface area contributed by atoms with E-state index in [2.05, 4.69) is 4.72 Å². The zero-order chi connectivity index (χ0) is 18.2. The summed E-state index contributed by atoms with van der Waals surface area (Å²) in [4.78, 5) is 10.4. The van der Waals surface area contributed by atoms with Crippen molar-refractivity contribution in [2.45, 2.75) is 30.7 Å². The van der Waals surface area contributed by atoms with Gasteiger partial charge >= 0.3 is 0 Å². The molecule has 3 rings (SSSR count). The molecule has 1 aliphatic rings. The summed E-state index contributed by atoms with van der Waals surface area (Å²) in [5, 5.41) is 11.7. The van der Waals surface area contributed by atoms with E-state index in [1.165, 1.54) is 12.1 Å². The van der Waals surface area contributed by atoms with E-state index in [1.54, 1.807) is 31.2 Å². The van der Waals surface area contributed by atoms with Gasteiger partial charge < -0.3 is 0 Å². The van der Waals surface area contributed by atoms with E-state index in [-0.39, 0.29) is 22.5 Å². The van der Waals surface area contributed by atoms with Crippen LogP contribution in [0.1, 0.15) is 30.0 Å². The molecule has 8 heteroatoms. The first kappa shape index (κ1) is 17.8. The molecule has 0 heterocycles. The predicted molar refractivity (Wildman–Crippen MR) is 95.1 cm³/mol. The minimum atomic E-state index is -3.88. The van der Waals surface area contributed by atoms with Crippen molar-refractivity contribution in [3.05, 3.63) is 68.7 Å². The highest BCUT2D eigenvalue weighted by molar-refractivity contribution is 7.89. The summed E-state index contributed by atoms with van der Waals surface area (Å²) in [5.41, 5.74) is 1.04. The van der Waals surface area contributed by atoms with Crippen molar-refractivity contribution in [3.63, 3.8) is 0 Å². The average Bonchev–Trinajstić information content (AvgIpc) is 3.38. The fraction of sp³-hybridized carbons (Fsp3) is 0.294. The Morgan fingerprint density at radius 2 is 1.84 bits per heavy atom. The van der Waals surface area contributed by atoms with E-state index in [0.29, 0.717) is 10.6 Å².